The summed E-state index contributed by atoms with van der Waals surface area (Å²) in [5, 5.41) is 17.8. The summed E-state index contributed by atoms with van der Waals surface area (Å²) in [5.41, 5.74) is 1.52. The molecule has 1 fully saturated rings. The highest BCUT2D eigenvalue weighted by Gasteiger charge is 2.38. The van der Waals surface area contributed by atoms with E-state index < -0.39 is 18.2 Å². The van der Waals surface area contributed by atoms with Crippen molar-refractivity contribution in [1.82, 2.24) is 15.1 Å². The smallest absolute Gasteiger partial charge is 0.416 e. The Morgan fingerprint density at radius 1 is 1.27 bits per heavy atom. The van der Waals surface area contributed by atoms with Gasteiger partial charge >= 0.3 is 6.09 Å². The van der Waals surface area contributed by atoms with Gasteiger partial charge in [-0.3, -0.25) is 4.90 Å². The first-order valence-corrected chi connectivity index (χ1v) is 9.76. The lowest BCUT2D eigenvalue weighted by molar-refractivity contribution is 0.142. The van der Waals surface area contributed by atoms with Crippen molar-refractivity contribution in [1.29, 1.82) is 0 Å². The zero-order valence-corrected chi connectivity index (χ0v) is 17.1. The van der Waals surface area contributed by atoms with E-state index in [1.165, 1.54) is 11.1 Å². The number of amides is 1. The zero-order chi connectivity index (χ0) is 21.3. The molecule has 0 aliphatic carbocycles. The third kappa shape index (κ3) is 4.07. The number of aliphatic hydroxyl groups is 1. The van der Waals surface area contributed by atoms with Gasteiger partial charge in [0.2, 0.25) is 5.95 Å². The van der Waals surface area contributed by atoms with Crippen molar-refractivity contribution in [2.24, 2.45) is 0 Å². The molecule has 1 aromatic carbocycles. The Kier molecular flexibility index (Phi) is 5.56. The molecule has 0 radical (unpaired) electrons. The Morgan fingerprint density at radius 2 is 2.03 bits per heavy atom. The van der Waals surface area contributed by atoms with E-state index in [4.69, 9.17) is 20.9 Å². The summed E-state index contributed by atoms with van der Waals surface area (Å²) in [7, 11) is 0. The second kappa shape index (κ2) is 8.29. The van der Waals surface area contributed by atoms with Crippen molar-refractivity contribution in [3.05, 3.63) is 53.3 Å². The second-order valence-electron chi connectivity index (χ2n) is 6.98. The third-order valence-electron chi connectivity index (χ3n) is 4.80. The summed E-state index contributed by atoms with van der Waals surface area (Å²) in [5.74, 6) is 1.26. The van der Waals surface area contributed by atoms with E-state index in [0.717, 1.165) is 5.56 Å². The number of carbonyl (C=O) groups excluding carboxylic acids is 1. The van der Waals surface area contributed by atoms with Crippen molar-refractivity contribution >= 4 is 29.5 Å². The lowest BCUT2D eigenvalue weighted by Gasteiger charge is -2.22. The van der Waals surface area contributed by atoms with Gasteiger partial charge < -0.3 is 19.7 Å². The van der Waals surface area contributed by atoms with Gasteiger partial charge in [0, 0.05) is 22.8 Å². The quantitative estimate of drug-likeness (QED) is 0.610. The van der Waals surface area contributed by atoms with Crippen molar-refractivity contribution in [2.45, 2.75) is 32.0 Å². The normalized spacial score (nSPS) is 18.2. The lowest BCUT2D eigenvalue weighted by Crippen LogP contribution is -2.41. The standard InChI is InChI=1S/C20H20ClN5O4/c1-11(15-9-17(30-25-15)13-3-5-14(21)6-4-13)23-19-22-8-7-18(24-19)26-16(12(2)27)10-29-20(26)28/h3-9,11-12,16,27H,10H2,1-2H3,(H,22,23,24)/t11-,12+,16?/m0/s1. The molecule has 0 saturated carbocycles. The number of rotatable bonds is 6. The molecule has 9 nitrogen and oxygen atoms in total. The van der Waals surface area contributed by atoms with Crippen LogP contribution in [-0.2, 0) is 4.74 Å². The molecule has 2 N–H and O–H groups in total. The number of hydrogen-bond acceptors (Lipinski definition) is 8. The summed E-state index contributed by atoms with van der Waals surface area (Å²) >= 11 is 5.92. The predicted octanol–water partition coefficient (Wildman–Crippen LogP) is 3.66. The summed E-state index contributed by atoms with van der Waals surface area (Å²) in [6, 6.07) is 9.92. The fraction of sp³-hybridized carbons (Fsp3) is 0.300. The Balaban J connectivity index is 1.50. The van der Waals surface area contributed by atoms with Crippen LogP contribution >= 0.6 is 11.6 Å². The Bertz CT molecular complexity index is 1040. The molecule has 0 bridgehead atoms. The summed E-state index contributed by atoms with van der Waals surface area (Å²) < 4.78 is 10.5. The van der Waals surface area contributed by atoms with Crippen LogP contribution in [0.1, 0.15) is 25.6 Å². The summed E-state index contributed by atoms with van der Waals surface area (Å²) in [4.78, 5) is 22.0. The molecule has 3 aromatic rings. The van der Waals surface area contributed by atoms with Crippen molar-refractivity contribution in [3.63, 3.8) is 0 Å². The van der Waals surface area contributed by atoms with Crippen LogP contribution < -0.4 is 10.2 Å². The monoisotopic (exact) mass is 429 g/mol. The molecule has 3 atom stereocenters. The largest absolute Gasteiger partial charge is 0.447 e. The molecule has 1 unspecified atom stereocenters. The molecule has 30 heavy (non-hydrogen) atoms. The van der Waals surface area contributed by atoms with Crippen LogP contribution in [0.2, 0.25) is 5.02 Å². The molecular formula is C20H20ClN5O4. The van der Waals surface area contributed by atoms with Gasteiger partial charge in [0.25, 0.3) is 0 Å². The van der Waals surface area contributed by atoms with E-state index in [1.54, 1.807) is 25.1 Å². The van der Waals surface area contributed by atoms with Crippen molar-refractivity contribution < 1.29 is 19.2 Å². The number of ether oxygens (including phenoxy) is 1. The highest BCUT2D eigenvalue weighted by atomic mass is 35.5. The first-order valence-electron chi connectivity index (χ1n) is 9.38. The SMILES string of the molecule is C[C@H](Nc1nccc(N2C(=O)OCC2[C@@H](C)O)n1)c1cc(-c2ccc(Cl)cc2)on1. The highest BCUT2D eigenvalue weighted by molar-refractivity contribution is 6.30. The van der Waals surface area contributed by atoms with Crippen LogP contribution in [0.15, 0.2) is 47.1 Å². The Labute approximate surface area is 177 Å². The lowest BCUT2D eigenvalue weighted by atomic mass is 10.1. The maximum Gasteiger partial charge on any atom is 0.416 e. The number of nitrogens with zero attached hydrogens (tertiary/aromatic N) is 4. The number of halogens is 1. The maximum atomic E-state index is 12.1. The van der Waals surface area contributed by atoms with Gasteiger partial charge in [0.15, 0.2) is 5.76 Å². The van der Waals surface area contributed by atoms with Gasteiger partial charge in [-0.15, -0.1) is 0 Å². The van der Waals surface area contributed by atoms with Crippen LogP contribution in [-0.4, -0.2) is 45.1 Å². The first-order chi connectivity index (χ1) is 14.4. The number of cyclic esters (lactones) is 1. The van der Waals surface area contributed by atoms with E-state index >= 15 is 0 Å². The zero-order valence-electron chi connectivity index (χ0n) is 16.3. The van der Waals surface area contributed by atoms with Crippen molar-refractivity contribution in [3.8, 4) is 11.3 Å². The molecule has 2 aromatic heterocycles. The van der Waals surface area contributed by atoms with Gasteiger partial charge in [-0.1, -0.05) is 16.8 Å². The van der Waals surface area contributed by atoms with E-state index in [1.807, 2.05) is 25.1 Å². The molecule has 156 valence electrons. The molecule has 1 aliphatic rings. The third-order valence-corrected chi connectivity index (χ3v) is 5.05. The van der Waals surface area contributed by atoms with E-state index in [9.17, 15) is 9.90 Å². The molecule has 3 heterocycles. The molecule has 0 spiro atoms. The minimum atomic E-state index is -0.761. The molecular weight excluding hydrogens is 410 g/mol. The Hall–Kier alpha value is -3.17. The van der Waals surface area contributed by atoms with Gasteiger partial charge in [-0.05, 0) is 44.2 Å². The second-order valence-corrected chi connectivity index (χ2v) is 7.42. The topological polar surface area (TPSA) is 114 Å². The maximum absolute atomic E-state index is 12.1. The number of aliphatic hydroxyl groups excluding tert-OH is 1. The van der Waals surface area contributed by atoms with Crippen LogP contribution in [0.4, 0.5) is 16.6 Å². The van der Waals surface area contributed by atoms with Crippen LogP contribution in [0, 0.1) is 0 Å². The van der Waals surface area contributed by atoms with Crippen LogP contribution in [0.5, 0.6) is 0 Å². The average Bonchev–Trinajstić information content (AvgIpc) is 3.36. The van der Waals surface area contributed by atoms with Gasteiger partial charge in [0.1, 0.15) is 24.2 Å². The number of nitrogens with one attached hydrogen (secondary N) is 1. The fourth-order valence-electron chi connectivity index (χ4n) is 3.12. The van der Waals surface area contributed by atoms with Crippen molar-refractivity contribution in [2.75, 3.05) is 16.8 Å². The highest BCUT2D eigenvalue weighted by Crippen LogP contribution is 2.27. The molecule has 4 rings (SSSR count). The molecule has 1 aliphatic heterocycles. The Morgan fingerprint density at radius 3 is 2.77 bits per heavy atom. The number of carbonyl (C=O) groups is 1. The number of hydrogen-bond donors (Lipinski definition) is 2. The fourth-order valence-corrected chi connectivity index (χ4v) is 3.24. The van der Waals surface area contributed by atoms with E-state index in [-0.39, 0.29) is 12.6 Å². The minimum absolute atomic E-state index is 0.103. The average molecular weight is 430 g/mol. The van der Waals surface area contributed by atoms with Gasteiger partial charge in [-0.25, -0.2) is 9.78 Å². The number of benzene rings is 1. The number of aromatic nitrogens is 3. The van der Waals surface area contributed by atoms with Gasteiger partial charge in [-0.2, -0.15) is 4.98 Å². The van der Waals surface area contributed by atoms with Crippen LogP contribution in [0.3, 0.4) is 0 Å². The minimum Gasteiger partial charge on any atom is -0.447 e. The summed E-state index contributed by atoms with van der Waals surface area (Å²) in [6.07, 6.45) is 0.218. The molecule has 10 heteroatoms. The predicted molar refractivity (Wildman–Crippen MR) is 110 cm³/mol. The molecule has 1 saturated heterocycles. The van der Waals surface area contributed by atoms with Crippen LogP contribution in [0.25, 0.3) is 11.3 Å². The van der Waals surface area contributed by atoms with Gasteiger partial charge in [0.05, 0.1) is 12.1 Å². The van der Waals surface area contributed by atoms with E-state index in [0.29, 0.717) is 28.2 Å². The van der Waals surface area contributed by atoms with E-state index in [2.05, 4.69) is 20.4 Å². The number of anilines is 2. The summed E-state index contributed by atoms with van der Waals surface area (Å²) in [6.45, 7) is 3.60. The molecule has 1 amide bonds. The first kappa shape index (κ1) is 20.1.